The topological polar surface area (TPSA) is 72.5 Å². The van der Waals surface area contributed by atoms with Gasteiger partial charge in [-0.2, -0.15) is 0 Å². The molecule has 0 spiro atoms. The average Bonchev–Trinajstić information content (AvgIpc) is 2.31. The number of carboxylic acid groups (broad SMARTS) is 1. The number of para-hydroxylation sites is 1. The molecule has 1 aromatic rings. The standard InChI is InChI=1S/C15H23NO3/c1-4-6-13(15(17)18)19-14-10(2)7-5-8-12(14)9-11(3)16/h5,7-8,11,13H,4,6,9,16H2,1-3H3,(H,17,18). The van der Waals surface area contributed by atoms with Gasteiger partial charge >= 0.3 is 5.97 Å². The fourth-order valence-corrected chi connectivity index (χ4v) is 2.03. The van der Waals surface area contributed by atoms with E-state index in [1.807, 2.05) is 39.0 Å². The highest BCUT2D eigenvalue weighted by molar-refractivity contribution is 5.72. The van der Waals surface area contributed by atoms with Gasteiger partial charge < -0.3 is 15.6 Å². The van der Waals surface area contributed by atoms with Crippen LogP contribution in [0.3, 0.4) is 0 Å². The first-order valence-electron chi connectivity index (χ1n) is 6.69. The Kier molecular flexibility index (Phi) is 5.83. The van der Waals surface area contributed by atoms with Crippen LogP contribution in [-0.4, -0.2) is 23.2 Å². The smallest absolute Gasteiger partial charge is 0.344 e. The van der Waals surface area contributed by atoms with E-state index in [1.165, 1.54) is 0 Å². The van der Waals surface area contributed by atoms with Crippen molar-refractivity contribution in [2.75, 3.05) is 0 Å². The van der Waals surface area contributed by atoms with Crippen LogP contribution in [0.15, 0.2) is 18.2 Å². The Morgan fingerprint density at radius 1 is 1.47 bits per heavy atom. The molecular weight excluding hydrogens is 242 g/mol. The highest BCUT2D eigenvalue weighted by Gasteiger charge is 2.20. The normalized spacial score (nSPS) is 13.9. The molecule has 0 bridgehead atoms. The minimum Gasteiger partial charge on any atom is -0.479 e. The maximum absolute atomic E-state index is 11.2. The predicted octanol–water partition coefficient (Wildman–Crippen LogP) is 2.52. The van der Waals surface area contributed by atoms with E-state index in [-0.39, 0.29) is 6.04 Å². The van der Waals surface area contributed by atoms with Gasteiger partial charge in [0.1, 0.15) is 5.75 Å². The number of aryl methyl sites for hydroxylation is 1. The number of ether oxygens (including phenoxy) is 1. The summed E-state index contributed by atoms with van der Waals surface area (Å²) >= 11 is 0. The fourth-order valence-electron chi connectivity index (χ4n) is 2.03. The number of benzene rings is 1. The van der Waals surface area contributed by atoms with Crippen molar-refractivity contribution in [2.45, 2.75) is 52.2 Å². The molecule has 0 radical (unpaired) electrons. The second kappa shape index (κ2) is 7.14. The van der Waals surface area contributed by atoms with Crippen LogP contribution in [0.2, 0.25) is 0 Å². The Morgan fingerprint density at radius 3 is 2.68 bits per heavy atom. The largest absolute Gasteiger partial charge is 0.479 e. The summed E-state index contributed by atoms with van der Waals surface area (Å²) in [7, 11) is 0. The lowest BCUT2D eigenvalue weighted by Gasteiger charge is -2.20. The quantitative estimate of drug-likeness (QED) is 0.794. The summed E-state index contributed by atoms with van der Waals surface area (Å²) in [5.41, 5.74) is 7.74. The Morgan fingerprint density at radius 2 is 2.16 bits per heavy atom. The second-order valence-electron chi connectivity index (χ2n) is 4.98. The van der Waals surface area contributed by atoms with Crippen LogP contribution in [0.4, 0.5) is 0 Å². The van der Waals surface area contributed by atoms with Crippen molar-refractivity contribution < 1.29 is 14.6 Å². The lowest BCUT2D eigenvalue weighted by molar-refractivity contribution is -0.145. The summed E-state index contributed by atoms with van der Waals surface area (Å²) < 4.78 is 5.72. The number of nitrogens with two attached hydrogens (primary N) is 1. The zero-order valence-corrected chi connectivity index (χ0v) is 11.8. The first-order valence-corrected chi connectivity index (χ1v) is 6.69. The van der Waals surface area contributed by atoms with Gasteiger partial charge in [0.25, 0.3) is 0 Å². The van der Waals surface area contributed by atoms with Crippen LogP contribution >= 0.6 is 0 Å². The number of carboxylic acids is 1. The van der Waals surface area contributed by atoms with E-state index in [1.54, 1.807) is 0 Å². The van der Waals surface area contributed by atoms with Gasteiger partial charge in [0.2, 0.25) is 0 Å². The van der Waals surface area contributed by atoms with Crippen molar-refractivity contribution in [1.82, 2.24) is 0 Å². The van der Waals surface area contributed by atoms with Crippen LogP contribution < -0.4 is 10.5 Å². The maximum Gasteiger partial charge on any atom is 0.344 e. The SMILES string of the molecule is CCCC(Oc1c(C)cccc1CC(C)N)C(=O)O. The molecule has 0 saturated carbocycles. The van der Waals surface area contributed by atoms with Crippen LogP contribution in [-0.2, 0) is 11.2 Å². The van der Waals surface area contributed by atoms with E-state index < -0.39 is 12.1 Å². The lowest BCUT2D eigenvalue weighted by atomic mass is 10.0. The third-order valence-electron chi connectivity index (χ3n) is 2.92. The molecule has 1 aromatic carbocycles. The third-order valence-corrected chi connectivity index (χ3v) is 2.92. The summed E-state index contributed by atoms with van der Waals surface area (Å²) in [4.78, 5) is 11.2. The van der Waals surface area contributed by atoms with Gasteiger partial charge in [-0.15, -0.1) is 0 Å². The van der Waals surface area contributed by atoms with Gasteiger partial charge in [0, 0.05) is 6.04 Å². The number of rotatable bonds is 7. The van der Waals surface area contributed by atoms with Gasteiger partial charge in [-0.3, -0.25) is 0 Å². The number of carbonyl (C=O) groups is 1. The first-order chi connectivity index (χ1) is 8.95. The Bertz CT molecular complexity index is 429. The van der Waals surface area contributed by atoms with Crippen molar-refractivity contribution in [3.05, 3.63) is 29.3 Å². The van der Waals surface area contributed by atoms with E-state index >= 15 is 0 Å². The molecule has 0 aliphatic rings. The molecule has 0 aliphatic heterocycles. The Balaban J connectivity index is 3.00. The lowest BCUT2D eigenvalue weighted by Crippen LogP contribution is -2.28. The van der Waals surface area contributed by atoms with Gasteiger partial charge in [-0.25, -0.2) is 4.79 Å². The molecule has 0 fully saturated rings. The van der Waals surface area contributed by atoms with Crippen molar-refractivity contribution >= 4 is 5.97 Å². The highest BCUT2D eigenvalue weighted by Crippen LogP contribution is 2.26. The van der Waals surface area contributed by atoms with Gasteiger partial charge in [0.15, 0.2) is 6.10 Å². The fraction of sp³-hybridized carbons (Fsp3) is 0.533. The molecule has 106 valence electrons. The highest BCUT2D eigenvalue weighted by atomic mass is 16.5. The molecule has 0 amide bonds. The van der Waals surface area contributed by atoms with Gasteiger partial charge in [0.05, 0.1) is 0 Å². The molecule has 0 heterocycles. The van der Waals surface area contributed by atoms with E-state index in [2.05, 4.69) is 0 Å². The molecule has 4 nitrogen and oxygen atoms in total. The molecule has 1 rings (SSSR count). The number of hydrogen-bond acceptors (Lipinski definition) is 3. The van der Waals surface area contributed by atoms with Crippen LogP contribution in [0.5, 0.6) is 5.75 Å². The molecule has 0 aromatic heterocycles. The molecular formula is C15H23NO3. The van der Waals surface area contributed by atoms with E-state index in [0.29, 0.717) is 18.6 Å². The molecule has 2 unspecified atom stereocenters. The summed E-state index contributed by atoms with van der Waals surface area (Å²) in [6.07, 6.45) is 1.15. The molecule has 19 heavy (non-hydrogen) atoms. The summed E-state index contributed by atoms with van der Waals surface area (Å²) in [5.74, 6) is -0.252. The van der Waals surface area contributed by atoms with Crippen LogP contribution in [0, 0.1) is 6.92 Å². The maximum atomic E-state index is 11.2. The van der Waals surface area contributed by atoms with E-state index in [9.17, 15) is 9.90 Å². The summed E-state index contributed by atoms with van der Waals surface area (Å²) in [6, 6.07) is 5.82. The zero-order valence-electron chi connectivity index (χ0n) is 11.8. The Labute approximate surface area is 114 Å². The van der Waals surface area contributed by atoms with Gasteiger partial charge in [-0.05, 0) is 37.8 Å². The molecule has 4 heteroatoms. The third kappa shape index (κ3) is 4.56. The monoisotopic (exact) mass is 265 g/mol. The molecule has 0 saturated heterocycles. The van der Waals surface area contributed by atoms with Crippen molar-refractivity contribution in [2.24, 2.45) is 5.73 Å². The zero-order chi connectivity index (χ0) is 14.4. The number of aliphatic carboxylic acids is 1. The average molecular weight is 265 g/mol. The van der Waals surface area contributed by atoms with Crippen molar-refractivity contribution in [1.29, 1.82) is 0 Å². The van der Waals surface area contributed by atoms with Crippen LogP contribution in [0.25, 0.3) is 0 Å². The van der Waals surface area contributed by atoms with E-state index in [4.69, 9.17) is 10.5 Å². The van der Waals surface area contributed by atoms with Crippen molar-refractivity contribution in [3.8, 4) is 5.75 Å². The molecule has 2 atom stereocenters. The van der Waals surface area contributed by atoms with E-state index in [0.717, 1.165) is 17.5 Å². The van der Waals surface area contributed by atoms with Crippen molar-refractivity contribution in [3.63, 3.8) is 0 Å². The van der Waals surface area contributed by atoms with Crippen LogP contribution in [0.1, 0.15) is 37.8 Å². The second-order valence-corrected chi connectivity index (χ2v) is 4.98. The summed E-state index contributed by atoms with van der Waals surface area (Å²) in [5, 5.41) is 9.18. The predicted molar refractivity (Wildman–Crippen MR) is 75.5 cm³/mol. The summed E-state index contributed by atoms with van der Waals surface area (Å²) in [6.45, 7) is 5.79. The minimum atomic E-state index is -0.920. The minimum absolute atomic E-state index is 0.0126. The molecule has 3 N–H and O–H groups in total. The Hall–Kier alpha value is -1.55. The number of hydrogen-bond donors (Lipinski definition) is 2. The first kappa shape index (κ1) is 15.5. The molecule has 0 aliphatic carbocycles. The van der Waals surface area contributed by atoms with Gasteiger partial charge in [-0.1, -0.05) is 31.5 Å².